The molecule has 0 radical (unpaired) electrons. The van der Waals surface area contributed by atoms with Gasteiger partial charge >= 0.3 is 0 Å². The molecule has 5 heterocycles. The Bertz CT molecular complexity index is 1220. The molecule has 0 saturated carbocycles. The quantitative estimate of drug-likeness (QED) is 0.191. The van der Waals surface area contributed by atoms with E-state index in [2.05, 4.69) is 170 Å². The Morgan fingerprint density at radius 2 is 0.724 bits per heavy atom. The predicted molar refractivity (Wildman–Crippen MR) is 253 cm³/mol. The van der Waals surface area contributed by atoms with Crippen LogP contribution in [0.3, 0.4) is 0 Å². The molecule has 3 unspecified atom stereocenters. The molecule has 5 saturated heterocycles. The van der Waals surface area contributed by atoms with Crippen LogP contribution >= 0.6 is 21.6 Å². The summed E-state index contributed by atoms with van der Waals surface area (Å²) in [6, 6.07) is 0. The Morgan fingerprint density at radius 3 is 0.966 bits per heavy atom. The smallest absolute Gasteiger partial charge is 0.0487 e. The van der Waals surface area contributed by atoms with E-state index in [0.717, 1.165) is 56.6 Å². The summed E-state index contributed by atoms with van der Waals surface area (Å²) in [7, 11) is 4.13. The Morgan fingerprint density at radius 1 is 0.431 bits per heavy atom. The first-order valence-corrected chi connectivity index (χ1v) is 25.2. The summed E-state index contributed by atoms with van der Waals surface area (Å²) in [4.78, 5) is 0. The Labute approximate surface area is 369 Å². The normalized spacial score (nSPS) is 32.0. The molecule has 3 atom stereocenters. The van der Waals surface area contributed by atoms with E-state index in [1.807, 2.05) is 10.8 Å². The fourth-order valence-corrected chi connectivity index (χ4v) is 12.6. The van der Waals surface area contributed by atoms with Gasteiger partial charge in [0.1, 0.15) is 0 Å². The third kappa shape index (κ3) is 14.7. The van der Waals surface area contributed by atoms with Crippen LogP contribution in [0.5, 0.6) is 0 Å². The van der Waals surface area contributed by atoms with Gasteiger partial charge in [0, 0.05) is 55.3 Å². The van der Waals surface area contributed by atoms with Crippen molar-refractivity contribution in [2.45, 2.75) is 286 Å². The standard InChI is InChI=1S/C12H25NO.C11H23NO.C9H19NO.C8H17NO.C8H16S2/c1-10(2,3)12(6)9-7-8-11(4,5)13(12)14;1-9(2,3)11(6)8-7-10(4,5)12(11)13;1-8(2)6-5-7-9(3,4)10(8)11;1-7(2)5-6-8(3,4)9(7)10;1-8(2,3)6-7-4-5-9-10-7/h14H,7-9H2,1-6H3;13H,7-8H2,1-6H3;11H,5-7H2,1-4H3;10H,5-6H2,1-4H3;7H,4-6H2,1-3H3. The van der Waals surface area contributed by atoms with Crippen molar-refractivity contribution in [3.05, 3.63) is 0 Å². The zero-order chi connectivity index (χ0) is 46.0. The molecule has 5 aliphatic heterocycles. The highest BCUT2D eigenvalue weighted by Crippen LogP contribution is 2.49. The highest BCUT2D eigenvalue weighted by atomic mass is 33.1. The summed E-state index contributed by atoms with van der Waals surface area (Å²) in [5.74, 6) is 1.37. The zero-order valence-corrected chi connectivity index (χ0v) is 44.3. The summed E-state index contributed by atoms with van der Waals surface area (Å²) >= 11 is 0. The van der Waals surface area contributed by atoms with Gasteiger partial charge in [-0.05, 0) is 190 Å². The molecule has 0 aliphatic carbocycles. The van der Waals surface area contributed by atoms with Gasteiger partial charge in [0.25, 0.3) is 0 Å². The number of hydrogen-bond acceptors (Lipinski definition) is 10. The fraction of sp³-hybridized carbons (Fsp3) is 1.00. The molecule has 4 N–H and O–H groups in total. The third-order valence-corrected chi connectivity index (χ3v) is 17.7. The molecule has 5 aliphatic rings. The minimum absolute atomic E-state index is 0.0243. The van der Waals surface area contributed by atoms with E-state index >= 15 is 0 Å². The molecule has 8 nitrogen and oxygen atoms in total. The summed E-state index contributed by atoms with van der Waals surface area (Å²) in [5, 5.41) is 47.0. The fourth-order valence-electron chi connectivity index (χ4n) is 9.38. The van der Waals surface area contributed by atoms with Crippen molar-refractivity contribution < 1.29 is 20.8 Å². The lowest BCUT2D eigenvalue weighted by Gasteiger charge is -2.56. The van der Waals surface area contributed by atoms with Crippen LogP contribution in [0.15, 0.2) is 0 Å². The molecule has 0 aromatic heterocycles. The van der Waals surface area contributed by atoms with E-state index in [1.54, 1.807) is 10.1 Å². The van der Waals surface area contributed by atoms with Crippen LogP contribution in [-0.4, -0.2) is 96.4 Å². The molecule has 0 amide bonds. The maximum Gasteiger partial charge on any atom is 0.0487 e. The van der Waals surface area contributed by atoms with Crippen molar-refractivity contribution in [3.63, 3.8) is 0 Å². The molecule has 0 bridgehead atoms. The Kier molecular flexibility index (Phi) is 19.1. The first kappa shape index (κ1) is 56.4. The van der Waals surface area contributed by atoms with Crippen LogP contribution < -0.4 is 0 Å². The monoisotopic (exact) mass is 861 g/mol. The topological polar surface area (TPSA) is 93.9 Å². The molecule has 58 heavy (non-hydrogen) atoms. The average Bonchev–Trinajstić information content (AvgIpc) is 3.67. The van der Waals surface area contributed by atoms with E-state index < -0.39 is 0 Å². The molecule has 5 rings (SSSR count). The number of rotatable bonds is 1. The molecule has 0 aromatic rings. The molecular formula is C48H100N4O4S2. The predicted octanol–water partition coefficient (Wildman–Crippen LogP) is 14.5. The van der Waals surface area contributed by atoms with Crippen molar-refractivity contribution >= 4 is 21.6 Å². The number of nitrogens with zero attached hydrogens (tertiary/aromatic N) is 4. The van der Waals surface area contributed by atoms with Crippen molar-refractivity contribution in [1.82, 2.24) is 20.3 Å². The van der Waals surface area contributed by atoms with Gasteiger partial charge in [-0.25, -0.2) is 0 Å². The lowest BCUT2D eigenvalue weighted by Crippen LogP contribution is -2.63. The molecule has 10 heteroatoms. The minimum atomic E-state index is -0.102. The zero-order valence-electron chi connectivity index (χ0n) is 42.7. The summed E-state index contributed by atoms with van der Waals surface area (Å²) in [5.41, 5.74) is 0.293. The molecule has 348 valence electrons. The van der Waals surface area contributed by atoms with E-state index in [1.165, 1.54) is 41.6 Å². The van der Waals surface area contributed by atoms with Crippen LogP contribution in [0.25, 0.3) is 0 Å². The van der Waals surface area contributed by atoms with E-state index in [9.17, 15) is 20.8 Å². The van der Waals surface area contributed by atoms with Crippen LogP contribution in [-0.2, 0) is 0 Å². The van der Waals surface area contributed by atoms with Crippen molar-refractivity contribution in [1.29, 1.82) is 0 Å². The van der Waals surface area contributed by atoms with Crippen LogP contribution in [0, 0.1) is 16.2 Å². The van der Waals surface area contributed by atoms with Gasteiger partial charge in [0.2, 0.25) is 0 Å². The van der Waals surface area contributed by atoms with Crippen molar-refractivity contribution in [2.75, 3.05) is 5.75 Å². The highest BCUT2D eigenvalue weighted by Gasteiger charge is 2.53. The lowest BCUT2D eigenvalue weighted by atomic mass is 9.67. The van der Waals surface area contributed by atoms with Crippen LogP contribution in [0.2, 0.25) is 0 Å². The first-order chi connectivity index (χ1) is 25.5. The van der Waals surface area contributed by atoms with Crippen LogP contribution in [0.4, 0.5) is 0 Å². The Balaban J connectivity index is 0.000000365. The summed E-state index contributed by atoms with van der Waals surface area (Å²) < 4.78 is 0. The van der Waals surface area contributed by atoms with Gasteiger partial charge in [-0.15, -0.1) is 0 Å². The van der Waals surface area contributed by atoms with Gasteiger partial charge < -0.3 is 20.8 Å². The largest absolute Gasteiger partial charge is 0.313 e. The second kappa shape index (κ2) is 19.6. The molecule has 0 aromatic carbocycles. The Hall–Kier alpha value is 0.380. The summed E-state index contributed by atoms with van der Waals surface area (Å²) in [6.45, 7) is 49.6. The number of hydroxylamine groups is 8. The van der Waals surface area contributed by atoms with Gasteiger partial charge in [0.15, 0.2) is 0 Å². The van der Waals surface area contributed by atoms with E-state index in [0.29, 0.717) is 5.41 Å². The van der Waals surface area contributed by atoms with Gasteiger partial charge in [-0.1, -0.05) is 83.9 Å². The number of hydrogen-bond donors (Lipinski definition) is 4. The van der Waals surface area contributed by atoms with Gasteiger partial charge in [0.05, 0.1) is 0 Å². The summed E-state index contributed by atoms with van der Waals surface area (Å²) in [6.07, 6.45) is 13.9. The molecular weight excluding hydrogens is 761 g/mol. The van der Waals surface area contributed by atoms with E-state index in [4.69, 9.17) is 0 Å². The third-order valence-electron chi connectivity index (χ3n) is 14.8. The van der Waals surface area contributed by atoms with Crippen molar-refractivity contribution in [2.24, 2.45) is 16.2 Å². The first-order valence-electron chi connectivity index (χ1n) is 22.8. The maximum absolute atomic E-state index is 10.3. The average molecular weight is 861 g/mol. The second-order valence-electron chi connectivity index (χ2n) is 26.0. The molecule has 5 fully saturated rings. The minimum Gasteiger partial charge on any atom is -0.313 e. The second-order valence-corrected chi connectivity index (χ2v) is 28.8. The van der Waals surface area contributed by atoms with Crippen molar-refractivity contribution in [3.8, 4) is 0 Å². The number of piperidine rings is 2. The maximum atomic E-state index is 10.3. The van der Waals surface area contributed by atoms with Crippen LogP contribution in [0.1, 0.15) is 236 Å². The molecule has 0 spiro atoms. The van der Waals surface area contributed by atoms with E-state index in [-0.39, 0.29) is 55.1 Å². The van der Waals surface area contributed by atoms with Gasteiger partial charge in [-0.2, -0.15) is 20.3 Å². The SMILES string of the molecule is CC(C)(C)CC1CCSS1.CC1(C)CCC(C)(C(C)(C)C)N1O.CC1(C)CCC(C)(C)N1O.CC1(C)CCCC(C)(C(C)(C)C)N1O.CC1(C)CCCC(C)(C)N1O. The lowest BCUT2D eigenvalue weighted by molar-refractivity contribution is -0.273. The highest BCUT2D eigenvalue weighted by molar-refractivity contribution is 8.77. The van der Waals surface area contributed by atoms with Gasteiger partial charge in [-0.3, -0.25) is 0 Å².